The van der Waals surface area contributed by atoms with Crippen molar-refractivity contribution in [1.82, 2.24) is 5.32 Å². The Balaban J connectivity index is 1.75. The monoisotopic (exact) mass is 357 g/mol. The zero-order valence-electron chi connectivity index (χ0n) is 14.4. The molecular formula is C19H26F3NO2. The summed E-state index contributed by atoms with van der Waals surface area (Å²) in [5.74, 6) is 1.17. The predicted octanol–water partition coefficient (Wildman–Crippen LogP) is 5.01. The SMILES string of the molecule is FC(F)(F)Oc1ccc(C2CCNCC2)c(OCC2CCCCC2)c1. The van der Waals surface area contributed by atoms with Crippen molar-refractivity contribution >= 4 is 0 Å². The van der Waals surface area contributed by atoms with E-state index in [9.17, 15) is 13.2 Å². The molecule has 2 fully saturated rings. The third kappa shape index (κ3) is 5.53. The van der Waals surface area contributed by atoms with Gasteiger partial charge in [-0.2, -0.15) is 0 Å². The highest BCUT2D eigenvalue weighted by Gasteiger charge is 2.32. The minimum atomic E-state index is -4.68. The second-order valence-electron chi connectivity index (χ2n) is 7.09. The smallest absolute Gasteiger partial charge is 0.493 e. The maximum absolute atomic E-state index is 12.5. The summed E-state index contributed by atoms with van der Waals surface area (Å²) in [6.07, 6.45) is 3.24. The maximum Gasteiger partial charge on any atom is 0.573 e. The van der Waals surface area contributed by atoms with Gasteiger partial charge in [0.25, 0.3) is 0 Å². The van der Waals surface area contributed by atoms with E-state index in [1.807, 2.05) is 0 Å². The van der Waals surface area contributed by atoms with Crippen molar-refractivity contribution in [3.05, 3.63) is 23.8 Å². The molecule has 3 nitrogen and oxygen atoms in total. The van der Waals surface area contributed by atoms with Crippen LogP contribution in [0.25, 0.3) is 0 Å². The van der Waals surface area contributed by atoms with Crippen LogP contribution in [0.3, 0.4) is 0 Å². The van der Waals surface area contributed by atoms with Crippen molar-refractivity contribution in [2.24, 2.45) is 5.92 Å². The summed E-state index contributed by atoms with van der Waals surface area (Å²) in [4.78, 5) is 0. The summed E-state index contributed by atoms with van der Waals surface area (Å²) in [6, 6.07) is 4.55. The molecular weight excluding hydrogens is 331 g/mol. The second kappa shape index (κ2) is 8.30. The lowest BCUT2D eigenvalue weighted by Gasteiger charge is -2.27. The topological polar surface area (TPSA) is 30.5 Å². The van der Waals surface area contributed by atoms with Crippen LogP contribution in [-0.4, -0.2) is 26.1 Å². The van der Waals surface area contributed by atoms with Crippen LogP contribution in [0.15, 0.2) is 18.2 Å². The average molecular weight is 357 g/mol. The molecule has 0 bridgehead atoms. The van der Waals surface area contributed by atoms with E-state index >= 15 is 0 Å². The molecule has 1 aromatic rings. The molecule has 140 valence electrons. The summed E-state index contributed by atoms with van der Waals surface area (Å²) in [7, 11) is 0. The Labute approximate surface area is 146 Å². The summed E-state index contributed by atoms with van der Waals surface area (Å²) in [5, 5.41) is 3.32. The maximum atomic E-state index is 12.5. The van der Waals surface area contributed by atoms with E-state index in [4.69, 9.17) is 4.74 Å². The van der Waals surface area contributed by atoms with Gasteiger partial charge in [0, 0.05) is 6.07 Å². The van der Waals surface area contributed by atoms with Gasteiger partial charge < -0.3 is 14.8 Å². The van der Waals surface area contributed by atoms with E-state index < -0.39 is 6.36 Å². The highest BCUT2D eigenvalue weighted by atomic mass is 19.4. The second-order valence-corrected chi connectivity index (χ2v) is 7.09. The van der Waals surface area contributed by atoms with Crippen LogP contribution in [-0.2, 0) is 0 Å². The first-order valence-electron chi connectivity index (χ1n) is 9.24. The highest BCUT2D eigenvalue weighted by molar-refractivity contribution is 5.43. The van der Waals surface area contributed by atoms with Gasteiger partial charge in [0.1, 0.15) is 11.5 Å². The number of benzene rings is 1. The third-order valence-electron chi connectivity index (χ3n) is 5.20. The number of alkyl halides is 3. The summed E-state index contributed by atoms with van der Waals surface area (Å²) >= 11 is 0. The van der Waals surface area contributed by atoms with E-state index in [1.54, 1.807) is 6.07 Å². The van der Waals surface area contributed by atoms with Gasteiger partial charge in [-0.05, 0) is 62.2 Å². The van der Waals surface area contributed by atoms with Crippen LogP contribution in [0, 0.1) is 5.92 Å². The van der Waals surface area contributed by atoms with Crippen LogP contribution in [0.4, 0.5) is 13.2 Å². The summed E-state index contributed by atoms with van der Waals surface area (Å²) in [6.45, 7) is 2.43. The number of ether oxygens (including phenoxy) is 2. The van der Waals surface area contributed by atoms with Crippen LogP contribution >= 0.6 is 0 Å². The van der Waals surface area contributed by atoms with E-state index in [2.05, 4.69) is 10.1 Å². The molecule has 1 N–H and O–H groups in total. The molecule has 0 unspecified atom stereocenters. The Morgan fingerprint density at radius 1 is 1.00 bits per heavy atom. The molecule has 25 heavy (non-hydrogen) atoms. The largest absolute Gasteiger partial charge is 0.573 e. The number of nitrogens with one attached hydrogen (secondary N) is 1. The molecule has 0 amide bonds. The first-order valence-corrected chi connectivity index (χ1v) is 9.24. The van der Waals surface area contributed by atoms with Gasteiger partial charge in [-0.25, -0.2) is 0 Å². The molecule has 1 saturated carbocycles. The van der Waals surface area contributed by atoms with Crippen LogP contribution < -0.4 is 14.8 Å². The molecule has 1 saturated heterocycles. The first-order chi connectivity index (χ1) is 12.0. The van der Waals surface area contributed by atoms with Crippen LogP contribution in [0.1, 0.15) is 56.4 Å². The summed E-state index contributed by atoms with van der Waals surface area (Å²) < 4.78 is 47.7. The Morgan fingerprint density at radius 2 is 1.72 bits per heavy atom. The van der Waals surface area contributed by atoms with Crippen molar-refractivity contribution < 1.29 is 22.6 Å². The van der Waals surface area contributed by atoms with Gasteiger partial charge in [0.05, 0.1) is 6.61 Å². The van der Waals surface area contributed by atoms with Crippen LogP contribution in [0.5, 0.6) is 11.5 Å². The quantitative estimate of drug-likeness (QED) is 0.803. The molecule has 0 radical (unpaired) electrons. The van der Waals surface area contributed by atoms with Crippen molar-refractivity contribution in [2.75, 3.05) is 19.7 Å². The van der Waals surface area contributed by atoms with Gasteiger partial charge in [0.2, 0.25) is 0 Å². The molecule has 0 atom stereocenters. The number of halogens is 3. The zero-order valence-corrected chi connectivity index (χ0v) is 14.4. The molecule has 1 aromatic carbocycles. The lowest BCUT2D eigenvalue weighted by atomic mass is 9.89. The number of hydrogen-bond acceptors (Lipinski definition) is 3. The average Bonchev–Trinajstić information content (AvgIpc) is 2.60. The predicted molar refractivity (Wildman–Crippen MR) is 90.0 cm³/mol. The molecule has 1 heterocycles. The van der Waals surface area contributed by atoms with Crippen molar-refractivity contribution in [2.45, 2.75) is 57.2 Å². The van der Waals surface area contributed by atoms with Gasteiger partial charge in [-0.3, -0.25) is 0 Å². The number of piperidine rings is 1. The standard InChI is InChI=1S/C19H26F3NO2/c20-19(21,22)25-16-6-7-17(15-8-10-23-11-9-15)18(12-16)24-13-14-4-2-1-3-5-14/h6-7,12,14-15,23H,1-5,8-11,13H2. The Morgan fingerprint density at radius 3 is 2.40 bits per heavy atom. The fourth-order valence-corrected chi connectivity index (χ4v) is 3.87. The minimum absolute atomic E-state index is 0.205. The van der Waals surface area contributed by atoms with Crippen molar-refractivity contribution in [3.8, 4) is 11.5 Å². The molecule has 1 aliphatic heterocycles. The normalized spacial score (nSPS) is 20.4. The fraction of sp³-hybridized carbons (Fsp3) is 0.684. The van der Waals surface area contributed by atoms with E-state index in [-0.39, 0.29) is 5.75 Å². The zero-order chi connectivity index (χ0) is 17.7. The van der Waals surface area contributed by atoms with E-state index in [1.165, 1.54) is 31.4 Å². The van der Waals surface area contributed by atoms with Gasteiger partial charge >= 0.3 is 6.36 Å². The molecule has 0 aromatic heterocycles. The Bertz CT molecular complexity index is 550. The van der Waals surface area contributed by atoms with Gasteiger partial charge in [-0.1, -0.05) is 25.3 Å². The third-order valence-corrected chi connectivity index (χ3v) is 5.20. The lowest BCUT2D eigenvalue weighted by molar-refractivity contribution is -0.274. The van der Waals surface area contributed by atoms with Crippen LogP contribution in [0.2, 0.25) is 0 Å². The molecule has 3 rings (SSSR count). The first kappa shape index (κ1) is 18.4. The van der Waals surface area contributed by atoms with Gasteiger partial charge in [0.15, 0.2) is 0 Å². The Hall–Kier alpha value is -1.43. The number of hydrogen-bond donors (Lipinski definition) is 1. The lowest BCUT2D eigenvalue weighted by Crippen LogP contribution is -2.27. The molecule has 2 aliphatic rings. The molecule has 0 spiro atoms. The Kier molecular flexibility index (Phi) is 6.10. The van der Waals surface area contributed by atoms with Crippen molar-refractivity contribution in [1.29, 1.82) is 0 Å². The van der Waals surface area contributed by atoms with Gasteiger partial charge in [-0.15, -0.1) is 13.2 Å². The molecule has 6 heteroatoms. The van der Waals surface area contributed by atoms with E-state index in [0.29, 0.717) is 24.2 Å². The van der Waals surface area contributed by atoms with E-state index in [0.717, 1.165) is 44.3 Å². The fourth-order valence-electron chi connectivity index (χ4n) is 3.87. The highest BCUT2D eigenvalue weighted by Crippen LogP contribution is 2.37. The van der Waals surface area contributed by atoms with Crippen molar-refractivity contribution in [3.63, 3.8) is 0 Å². The molecule has 1 aliphatic carbocycles. The minimum Gasteiger partial charge on any atom is -0.493 e. The number of rotatable bonds is 5. The summed E-state index contributed by atoms with van der Waals surface area (Å²) in [5.41, 5.74) is 1.01.